The van der Waals surface area contributed by atoms with E-state index in [2.05, 4.69) is 39.4 Å². The van der Waals surface area contributed by atoms with Crippen LogP contribution in [0.2, 0.25) is 0 Å². The summed E-state index contributed by atoms with van der Waals surface area (Å²) in [6.45, 7) is 2.79. The number of carbonyl (C=O) groups is 1. The van der Waals surface area contributed by atoms with Crippen molar-refractivity contribution >= 4 is 11.6 Å². The van der Waals surface area contributed by atoms with Gasteiger partial charge >= 0.3 is 0 Å². The third kappa shape index (κ3) is 5.47. The first-order chi connectivity index (χ1) is 13.1. The van der Waals surface area contributed by atoms with Gasteiger partial charge in [0.1, 0.15) is 5.75 Å². The molecule has 0 unspecified atom stereocenters. The Morgan fingerprint density at radius 1 is 1.07 bits per heavy atom. The lowest BCUT2D eigenvalue weighted by Crippen LogP contribution is -2.38. The van der Waals surface area contributed by atoms with Crippen molar-refractivity contribution < 1.29 is 9.53 Å². The van der Waals surface area contributed by atoms with Crippen LogP contribution in [-0.2, 0) is 4.79 Å². The second kappa shape index (κ2) is 9.42. The van der Waals surface area contributed by atoms with Gasteiger partial charge in [0.2, 0.25) is 0 Å². The molecule has 27 heavy (non-hydrogen) atoms. The lowest BCUT2D eigenvalue weighted by atomic mass is 10.0. The van der Waals surface area contributed by atoms with Gasteiger partial charge in [-0.2, -0.15) is 0 Å². The average Bonchev–Trinajstić information content (AvgIpc) is 3.22. The Morgan fingerprint density at radius 2 is 1.74 bits per heavy atom. The molecule has 0 radical (unpaired) electrons. The number of benzene rings is 2. The number of nitrogens with one attached hydrogen (secondary N) is 1. The Balaban J connectivity index is 1.59. The predicted molar refractivity (Wildman–Crippen MR) is 109 cm³/mol. The Labute approximate surface area is 161 Å². The van der Waals surface area contributed by atoms with Crippen LogP contribution in [0.25, 0.3) is 0 Å². The molecule has 1 atom stereocenters. The molecule has 0 aliphatic carbocycles. The molecule has 0 aromatic heterocycles. The van der Waals surface area contributed by atoms with Crippen molar-refractivity contribution in [3.63, 3.8) is 0 Å². The van der Waals surface area contributed by atoms with Crippen molar-refractivity contribution in [3.05, 3.63) is 60.2 Å². The highest BCUT2D eigenvalue weighted by molar-refractivity contribution is 5.77. The summed E-state index contributed by atoms with van der Waals surface area (Å²) in [6, 6.07) is 18.2. The van der Waals surface area contributed by atoms with Crippen LogP contribution in [0.3, 0.4) is 0 Å². The summed E-state index contributed by atoms with van der Waals surface area (Å²) in [5.74, 6) is 0.621. The summed E-state index contributed by atoms with van der Waals surface area (Å²) in [6.07, 6.45) is 2.44. The molecular formula is C22H29N3O2. The molecule has 2 aromatic carbocycles. The number of carbonyl (C=O) groups excluding carboxylic acids is 1. The summed E-state index contributed by atoms with van der Waals surface area (Å²) < 4.78 is 5.54. The van der Waals surface area contributed by atoms with Gasteiger partial charge in [0, 0.05) is 26.3 Å². The normalized spacial score (nSPS) is 15.3. The molecule has 0 spiro atoms. The standard InChI is InChI=1S/C22H29N3O2/c1-24(2)19-12-10-18(11-13-19)21(25-14-6-7-15-25)16-23-22(26)17-27-20-8-4-3-5-9-20/h3-5,8-13,21H,6-7,14-17H2,1-2H3,(H,23,26)/t21-/m0/s1. The molecule has 1 saturated heterocycles. The first-order valence-electron chi connectivity index (χ1n) is 9.59. The van der Waals surface area contributed by atoms with Crippen LogP contribution < -0.4 is 15.0 Å². The Hall–Kier alpha value is -2.53. The van der Waals surface area contributed by atoms with Crippen LogP contribution in [0.4, 0.5) is 5.69 Å². The fraction of sp³-hybridized carbons (Fsp3) is 0.409. The molecule has 144 valence electrons. The van der Waals surface area contributed by atoms with E-state index in [1.54, 1.807) is 0 Å². The molecule has 5 nitrogen and oxygen atoms in total. The monoisotopic (exact) mass is 367 g/mol. The van der Waals surface area contributed by atoms with Gasteiger partial charge in [-0.25, -0.2) is 0 Å². The zero-order valence-electron chi connectivity index (χ0n) is 16.2. The van der Waals surface area contributed by atoms with Crippen LogP contribution >= 0.6 is 0 Å². The summed E-state index contributed by atoms with van der Waals surface area (Å²) >= 11 is 0. The minimum atomic E-state index is -0.0899. The van der Waals surface area contributed by atoms with Crippen LogP contribution in [0.1, 0.15) is 24.4 Å². The van der Waals surface area contributed by atoms with Crippen molar-refractivity contribution in [1.29, 1.82) is 0 Å². The van der Waals surface area contributed by atoms with Crippen LogP contribution in [0, 0.1) is 0 Å². The smallest absolute Gasteiger partial charge is 0.258 e. The largest absolute Gasteiger partial charge is 0.484 e. The van der Waals surface area contributed by atoms with E-state index in [0.29, 0.717) is 12.3 Å². The number of nitrogens with zero attached hydrogens (tertiary/aromatic N) is 2. The number of ether oxygens (including phenoxy) is 1. The maximum atomic E-state index is 12.2. The van der Waals surface area contributed by atoms with E-state index in [4.69, 9.17) is 4.74 Å². The zero-order chi connectivity index (χ0) is 19.1. The average molecular weight is 367 g/mol. The SMILES string of the molecule is CN(C)c1ccc([C@H](CNC(=O)COc2ccccc2)N2CCCC2)cc1. The van der Waals surface area contributed by atoms with Gasteiger partial charge in [-0.3, -0.25) is 9.69 Å². The topological polar surface area (TPSA) is 44.8 Å². The molecule has 0 bridgehead atoms. The molecule has 1 fully saturated rings. The Kier molecular flexibility index (Phi) is 6.71. The zero-order valence-corrected chi connectivity index (χ0v) is 16.2. The van der Waals surface area contributed by atoms with E-state index in [0.717, 1.165) is 13.1 Å². The number of para-hydroxylation sites is 1. The molecule has 1 aliphatic heterocycles. The first kappa shape index (κ1) is 19.2. The van der Waals surface area contributed by atoms with Gasteiger partial charge in [-0.1, -0.05) is 30.3 Å². The number of rotatable bonds is 8. The highest BCUT2D eigenvalue weighted by Crippen LogP contribution is 2.26. The molecule has 3 rings (SSSR count). The third-order valence-corrected chi connectivity index (χ3v) is 4.98. The summed E-state index contributed by atoms with van der Waals surface area (Å²) in [5, 5.41) is 3.05. The highest BCUT2D eigenvalue weighted by Gasteiger charge is 2.24. The van der Waals surface area contributed by atoms with E-state index >= 15 is 0 Å². The van der Waals surface area contributed by atoms with E-state index in [1.807, 2.05) is 44.4 Å². The second-order valence-corrected chi connectivity index (χ2v) is 7.15. The fourth-order valence-corrected chi connectivity index (χ4v) is 3.43. The molecule has 1 amide bonds. The molecule has 1 aliphatic rings. The lowest BCUT2D eigenvalue weighted by molar-refractivity contribution is -0.123. The second-order valence-electron chi connectivity index (χ2n) is 7.15. The van der Waals surface area contributed by atoms with Gasteiger partial charge < -0.3 is 15.0 Å². The Morgan fingerprint density at radius 3 is 2.37 bits per heavy atom. The lowest BCUT2D eigenvalue weighted by Gasteiger charge is -2.28. The molecule has 5 heteroatoms. The van der Waals surface area contributed by atoms with Crippen molar-refractivity contribution in [2.45, 2.75) is 18.9 Å². The number of likely N-dealkylation sites (tertiary alicyclic amines) is 1. The van der Waals surface area contributed by atoms with E-state index in [-0.39, 0.29) is 18.6 Å². The molecule has 1 N–H and O–H groups in total. The maximum absolute atomic E-state index is 12.2. The van der Waals surface area contributed by atoms with Crippen molar-refractivity contribution in [2.24, 2.45) is 0 Å². The summed E-state index contributed by atoms with van der Waals surface area (Å²) in [4.78, 5) is 16.8. The first-order valence-corrected chi connectivity index (χ1v) is 9.59. The maximum Gasteiger partial charge on any atom is 0.258 e. The van der Waals surface area contributed by atoms with E-state index in [9.17, 15) is 4.79 Å². The Bertz CT molecular complexity index is 710. The van der Waals surface area contributed by atoms with Crippen LogP contribution in [0.5, 0.6) is 5.75 Å². The van der Waals surface area contributed by atoms with Crippen molar-refractivity contribution in [1.82, 2.24) is 10.2 Å². The molecule has 2 aromatic rings. The fourth-order valence-electron chi connectivity index (χ4n) is 3.43. The van der Waals surface area contributed by atoms with Gasteiger partial charge in [0.25, 0.3) is 5.91 Å². The number of anilines is 1. The molecule has 0 saturated carbocycles. The number of hydrogen-bond acceptors (Lipinski definition) is 4. The summed E-state index contributed by atoms with van der Waals surface area (Å²) in [5.41, 5.74) is 2.42. The molecule has 1 heterocycles. The number of amides is 1. The van der Waals surface area contributed by atoms with E-state index < -0.39 is 0 Å². The minimum absolute atomic E-state index is 0.0380. The highest BCUT2D eigenvalue weighted by atomic mass is 16.5. The van der Waals surface area contributed by atoms with Crippen molar-refractivity contribution in [2.75, 3.05) is 45.2 Å². The predicted octanol–water partition coefficient (Wildman–Crippen LogP) is 3.08. The third-order valence-electron chi connectivity index (χ3n) is 4.98. The minimum Gasteiger partial charge on any atom is -0.484 e. The van der Waals surface area contributed by atoms with Gasteiger partial charge in [0.05, 0.1) is 6.04 Å². The van der Waals surface area contributed by atoms with Gasteiger partial charge in [-0.05, 0) is 55.8 Å². The molecular weight excluding hydrogens is 338 g/mol. The van der Waals surface area contributed by atoms with E-state index in [1.165, 1.54) is 24.1 Å². The van der Waals surface area contributed by atoms with Crippen LogP contribution in [0.15, 0.2) is 54.6 Å². The number of hydrogen-bond donors (Lipinski definition) is 1. The van der Waals surface area contributed by atoms with Gasteiger partial charge in [-0.15, -0.1) is 0 Å². The van der Waals surface area contributed by atoms with Gasteiger partial charge in [0.15, 0.2) is 6.61 Å². The quantitative estimate of drug-likeness (QED) is 0.779. The van der Waals surface area contributed by atoms with Crippen molar-refractivity contribution in [3.8, 4) is 5.75 Å². The van der Waals surface area contributed by atoms with Crippen LogP contribution in [-0.4, -0.2) is 51.1 Å². The summed E-state index contributed by atoms with van der Waals surface area (Å²) in [7, 11) is 4.08.